The van der Waals surface area contributed by atoms with Gasteiger partial charge < -0.3 is 0 Å². The average Bonchev–Trinajstić information content (AvgIpc) is 2.34. The van der Waals surface area contributed by atoms with E-state index < -0.39 is 0 Å². The Hall–Kier alpha value is -0.530. The number of hydrogen-bond acceptors (Lipinski definition) is 4. The van der Waals surface area contributed by atoms with Crippen molar-refractivity contribution in [2.24, 2.45) is 0 Å². The number of rotatable bonds is 2. The fraction of sp³-hybridized carbons (Fsp3) is 0.200. The summed E-state index contributed by atoms with van der Waals surface area (Å²) < 4.78 is 4.75. The van der Waals surface area contributed by atoms with Crippen LogP contribution in [-0.4, -0.2) is 15.1 Å². The number of nitrogens with zero attached hydrogens (tertiary/aromatic N) is 2. The van der Waals surface area contributed by atoms with Crippen LogP contribution in [0.25, 0.3) is 0 Å². The van der Waals surface area contributed by atoms with Crippen LogP contribution in [0.5, 0.6) is 0 Å². The molecule has 0 radical (unpaired) electrons. The van der Waals surface area contributed by atoms with Gasteiger partial charge in [0.25, 0.3) is 0 Å². The highest BCUT2D eigenvalue weighted by atomic mass is 32.2. The van der Waals surface area contributed by atoms with E-state index >= 15 is 0 Å². The van der Waals surface area contributed by atoms with E-state index in [9.17, 15) is 0 Å². The maximum Gasteiger partial charge on any atom is 0.170 e. The second-order valence-corrected chi connectivity index (χ2v) is 3.20. The van der Waals surface area contributed by atoms with Gasteiger partial charge in [-0.1, -0.05) is 17.7 Å². The van der Waals surface area contributed by atoms with Crippen LogP contribution in [0, 0.1) is 12.3 Å². The molecule has 1 aromatic heterocycles. The van der Waals surface area contributed by atoms with E-state index in [1.54, 1.807) is 0 Å². The van der Waals surface area contributed by atoms with E-state index in [0.29, 0.717) is 5.75 Å². The molecule has 0 saturated carbocycles. The van der Waals surface area contributed by atoms with E-state index in [1.165, 1.54) is 29.6 Å². The molecule has 0 saturated heterocycles. The van der Waals surface area contributed by atoms with E-state index in [0.717, 1.165) is 4.34 Å². The Morgan fingerprint density at radius 1 is 1.89 bits per heavy atom. The van der Waals surface area contributed by atoms with Crippen LogP contribution in [0.3, 0.4) is 0 Å². The summed E-state index contributed by atoms with van der Waals surface area (Å²) >= 11 is 2.91. The quantitative estimate of drug-likeness (QED) is 0.476. The first-order valence-corrected chi connectivity index (χ1v) is 4.02. The molecule has 1 heterocycles. The summed E-state index contributed by atoms with van der Waals surface area (Å²) in [4.78, 5) is 3.93. The molecule has 0 unspecified atom stereocenters. The van der Waals surface area contributed by atoms with Gasteiger partial charge in [0, 0.05) is 0 Å². The lowest BCUT2D eigenvalue weighted by atomic mass is 10.8. The topological polar surface area (TPSA) is 25.8 Å². The van der Waals surface area contributed by atoms with Gasteiger partial charge in [0.05, 0.1) is 5.75 Å². The molecule has 0 N–H and O–H groups in total. The summed E-state index contributed by atoms with van der Waals surface area (Å²) in [6, 6.07) is 0. The van der Waals surface area contributed by atoms with Crippen LogP contribution in [0.4, 0.5) is 0 Å². The second-order valence-electron chi connectivity index (χ2n) is 1.20. The molecule has 0 aliphatic rings. The smallest absolute Gasteiger partial charge is 0.170 e. The van der Waals surface area contributed by atoms with Gasteiger partial charge in [0.2, 0.25) is 0 Å². The third-order valence-electron chi connectivity index (χ3n) is 0.620. The van der Waals surface area contributed by atoms with E-state index in [2.05, 4.69) is 15.3 Å². The fourth-order valence-electron chi connectivity index (χ4n) is 0.330. The molecule has 0 spiro atoms. The highest BCUT2D eigenvalue weighted by molar-refractivity contribution is 8.01. The molecule has 1 rings (SSSR count). The minimum Gasteiger partial charge on any atom is -0.216 e. The van der Waals surface area contributed by atoms with Gasteiger partial charge in [-0.05, 0) is 11.5 Å². The van der Waals surface area contributed by atoms with Crippen molar-refractivity contribution in [1.29, 1.82) is 0 Å². The highest BCUT2D eigenvalue weighted by Crippen LogP contribution is 2.16. The number of aromatic nitrogens is 2. The summed E-state index contributed by atoms with van der Waals surface area (Å²) in [5, 5.41) is 0. The maximum atomic E-state index is 5.03. The number of hydrogen-bond donors (Lipinski definition) is 0. The first kappa shape index (κ1) is 6.59. The van der Waals surface area contributed by atoms with Gasteiger partial charge in [-0.2, -0.15) is 4.37 Å². The molecular formula is C5H4N2S2. The first-order chi connectivity index (χ1) is 4.43. The molecule has 0 fully saturated rings. The zero-order chi connectivity index (χ0) is 6.53. The van der Waals surface area contributed by atoms with Crippen molar-refractivity contribution in [3.63, 3.8) is 0 Å². The van der Waals surface area contributed by atoms with E-state index in [-0.39, 0.29) is 0 Å². The van der Waals surface area contributed by atoms with Gasteiger partial charge in [-0.3, -0.25) is 0 Å². The number of terminal acetylenes is 1. The van der Waals surface area contributed by atoms with Crippen molar-refractivity contribution < 1.29 is 0 Å². The fourth-order valence-corrected chi connectivity index (χ4v) is 1.45. The monoisotopic (exact) mass is 156 g/mol. The molecule has 46 valence electrons. The minimum atomic E-state index is 0.676. The zero-order valence-electron chi connectivity index (χ0n) is 4.57. The van der Waals surface area contributed by atoms with Gasteiger partial charge in [0.15, 0.2) is 4.34 Å². The predicted molar refractivity (Wildman–Crippen MR) is 39.5 cm³/mol. The molecule has 0 aromatic carbocycles. The molecule has 1 aromatic rings. The molecule has 9 heavy (non-hydrogen) atoms. The van der Waals surface area contributed by atoms with Crippen LogP contribution in [-0.2, 0) is 0 Å². The van der Waals surface area contributed by atoms with Gasteiger partial charge in [0.1, 0.15) is 6.33 Å². The molecule has 0 atom stereocenters. The highest BCUT2D eigenvalue weighted by Gasteiger charge is 1.92. The first-order valence-electron chi connectivity index (χ1n) is 2.26. The Kier molecular flexibility index (Phi) is 2.55. The average molecular weight is 156 g/mol. The second kappa shape index (κ2) is 3.49. The third kappa shape index (κ3) is 2.04. The Bertz CT molecular complexity index is 199. The third-order valence-corrected chi connectivity index (χ3v) is 2.32. The Morgan fingerprint density at radius 2 is 2.78 bits per heavy atom. The SMILES string of the molecule is C#CCSc1ncns1. The van der Waals surface area contributed by atoms with Crippen LogP contribution in [0.15, 0.2) is 10.7 Å². The van der Waals surface area contributed by atoms with Gasteiger partial charge in [-0.25, -0.2) is 4.98 Å². The summed E-state index contributed by atoms with van der Waals surface area (Å²) in [5.41, 5.74) is 0. The van der Waals surface area contributed by atoms with Crippen molar-refractivity contribution >= 4 is 23.3 Å². The lowest BCUT2D eigenvalue weighted by Crippen LogP contribution is -1.68. The maximum absolute atomic E-state index is 5.03. The zero-order valence-corrected chi connectivity index (χ0v) is 6.21. The molecule has 0 aliphatic carbocycles. The molecule has 0 aliphatic heterocycles. The largest absolute Gasteiger partial charge is 0.216 e. The molecule has 2 nitrogen and oxygen atoms in total. The number of thioether (sulfide) groups is 1. The normalized spacial score (nSPS) is 8.78. The van der Waals surface area contributed by atoms with Crippen molar-refractivity contribution in [3.8, 4) is 12.3 Å². The van der Waals surface area contributed by atoms with E-state index in [4.69, 9.17) is 6.42 Å². The summed E-state index contributed by atoms with van der Waals surface area (Å²) in [6.45, 7) is 0. The standard InChI is InChI=1S/C5H4N2S2/c1-2-3-8-5-6-4-7-9-5/h1,4H,3H2. The summed E-state index contributed by atoms with van der Waals surface area (Å²) in [6.07, 6.45) is 6.56. The Balaban J connectivity index is 2.41. The van der Waals surface area contributed by atoms with Gasteiger partial charge >= 0.3 is 0 Å². The van der Waals surface area contributed by atoms with Crippen LogP contribution in [0.1, 0.15) is 0 Å². The Labute approximate surface area is 61.9 Å². The summed E-state index contributed by atoms with van der Waals surface area (Å²) in [5.74, 6) is 3.18. The minimum absolute atomic E-state index is 0.676. The van der Waals surface area contributed by atoms with Crippen LogP contribution >= 0.6 is 23.3 Å². The molecular weight excluding hydrogens is 152 g/mol. The summed E-state index contributed by atoms with van der Waals surface area (Å²) in [7, 11) is 0. The van der Waals surface area contributed by atoms with E-state index in [1.807, 2.05) is 0 Å². The van der Waals surface area contributed by atoms with Crippen LogP contribution in [0.2, 0.25) is 0 Å². The molecule has 4 heteroatoms. The van der Waals surface area contributed by atoms with Gasteiger partial charge in [-0.15, -0.1) is 6.42 Å². The van der Waals surface area contributed by atoms with Crippen molar-refractivity contribution in [3.05, 3.63) is 6.33 Å². The molecule has 0 bridgehead atoms. The lowest BCUT2D eigenvalue weighted by molar-refractivity contribution is 1.22. The van der Waals surface area contributed by atoms with Crippen molar-refractivity contribution in [2.45, 2.75) is 4.34 Å². The predicted octanol–water partition coefficient (Wildman–Crippen LogP) is 1.26. The molecule has 0 amide bonds. The van der Waals surface area contributed by atoms with Crippen LogP contribution < -0.4 is 0 Å². The Morgan fingerprint density at radius 3 is 3.33 bits per heavy atom. The van der Waals surface area contributed by atoms with Crippen molar-refractivity contribution in [1.82, 2.24) is 9.36 Å². The van der Waals surface area contributed by atoms with Crippen molar-refractivity contribution in [2.75, 3.05) is 5.75 Å². The lowest BCUT2D eigenvalue weighted by Gasteiger charge is -1.82.